The lowest BCUT2D eigenvalue weighted by atomic mass is 9.54. The van der Waals surface area contributed by atoms with Crippen LogP contribution in [0.15, 0.2) is 24.3 Å². The zero-order valence-electron chi connectivity index (χ0n) is 14.8. The van der Waals surface area contributed by atoms with E-state index in [2.05, 4.69) is 18.9 Å². The molecule has 0 bridgehead atoms. The van der Waals surface area contributed by atoms with Gasteiger partial charge < -0.3 is 9.84 Å². The lowest BCUT2D eigenvalue weighted by Gasteiger charge is -2.60. The van der Waals surface area contributed by atoms with Crippen molar-refractivity contribution in [1.29, 1.82) is 0 Å². The zero-order chi connectivity index (χ0) is 17.2. The number of hydrogen-bond acceptors (Lipinski definition) is 3. The van der Waals surface area contributed by atoms with E-state index < -0.39 is 5.97 Å². The lowest BCUT2D eigenvalue weighted by molar-refractivity contribution is -0.180. The topological polar surface area (TPSA) is 49.8 Å². The van der Waals surface area contributed by atoms with Gasteiger partial charge in [-0.2, -0.15) is 0 Å². The Morgan fingerprint density at radius 1 is 1.25 bits per heavy atom. The first-order chi connectivity index (χ1) is 11.6. The van der Waals surface area contributed by atoms with Crippen LogP contribution in [0.3, 0.4) is 0 Å². The Bertz CT molecular complexity index is 563. The van der Waals surface area contributed by atoms with Crippen LogP contribution in [0.4, 0.5) is 0 Å². The van der Waals surface area contributed by atoms with E-state index in [0.717, 1.165) is 19.6 Å². The minimum absolute atomic E-state index is 0.337. The van der Waals surface area contributed by atoms with Gasteiger partial charge in [-0.15, -0.1) is 0 Å². The number of carbonyl (C=O) groups is 1. The second-order valence-corrected chi connectivity index (χ2v) is 7.41. The van der Waals surface area contributed by atoms with Gasteiger partial charge in [0, 0.05) is 24.6 Å². The van der Waals surface area contributed by atoms with Crippen LogP contribution in [0, 0.1) is 5.41 Å². The molecule has 0 radical (unpaired) electrons. The molecule has 0 amide bonds. The van der Waals surface area contributed by atoms with Crippen molar-refractivity contribution < 1.29 is 14.6 Å². The molecule has 2 unspecified atom stereocenters. The smallest absolute Gasteiger partial charge is 0.335 e. The van der Waals surface area contributed by atoms with Gasteiger partial charge in [0.1, 0.15) is 0 Å². The molecule has 1 spiro atoms. The quantitative estimate of drug-likeness (QED) is 0.857. The molecule has 3 rings (SSSR count). The summed E-state index contributed by atoms with van der Waals surface area (Å²) >= 11 is 0. The first-order valence-corrected chi connectivity index (χ1v) is 9.21. The second kappa shape index (κ2) is 7.24. The van der Waals surface area contributed by atoms with E-state index in [4.69, 9.17) is 9.84 Å². The number of carboxylic acid groups (broad SMARTS) is 1. The molecule has 2 atom stereocenters. The molecule has 4 heteroatoms. The van der Waals surface area contributed by atoms with Crippen LogP contribution in [0.1, 0.15) is 61.4 Å². The molecule has 4 nitrogen and oxygen atoms in total. The van der Waals surface area contributed by atoms with Gasteiger partial charge in [0.25, 0.3) is 0 Å². The highest BCUT2D eigenvalue weighted by Crippen LogP contribution is 2.55. The van der Waals surface area contributed by atoms with Crippen LogP contribution in [-0.2, 0) is 11.3 Å². The third kappa shape index (κ3) is 3.22. The van der Waals surface area contributed by atoms with E-state index in [1.807, 2.05) is 12.1 Å². The predicted molar refractivity (Wildman–Crippen MR) is 94.2 cm³/mol. The van der Waals surface area contributed by atoms with Crippen molar-refractivity contribution >= 4 is 5.97 Å². The van der Waals surface area contributed by atoms with Crippen molar-refractivity contribution in [3.05, 3.63) is 35.4 Å². The molecule has 0 heterocycles. The van der Waals surface area contributed by atoms with E-state index in [1.54, 1.807) is 12.1 Å². The number of carboxylic acids is 1. The lowest BCUT2D eigenvalue weighted by Crippen LogP contribution is -2.64. The molecular weight excluding hydrogens is 302 g/mol. The average molecular weight is 331 g/mol. The zero-order valence-corrected chi connectivity index (χ0v) is 14.8. The van der Waals surface area contributed by atoms with E-state index in [9.17, 15) is 4.79 Å². The number of rotatable bonds is 6. The van der Waals surface area contributed by atoms with Crippen molar-refractivity contribution in [3.63, 3.8) is 0 Å². The standard InChI is InChI=1S/C20H29NO3/c1-3-24-18-13-17(20(18)11-5-4-6-12-20)21(2)14-15-7-9-16(10-8-15)19(22)23/h7-10,17-18H,3-6,11-14H2,1-2H3,(H,22,23). The summed E-state index contributed by atoms with van der Waals surface area (Å²) in [5, 5.41) is 9.01. The molecule has 0 saturated heterocycles. The van der Waals surface area contributed by atoms with Gasteiger partial charge >= 0.3 is 5.97 Å². The molecule has 1 N–H and O–H groups in total. The van der Waals surface area contributed by atoms with Crippen LogP contribution in [-0.4, -0.2) is 41.8 Å². The molecule has 2 fully saturated rings. The number of hydrogen-bond donors (Lipinski definition) is 1. The highest BCUT2D eigenvalue weighted by Gasteiger charge is 2.56. The fourth-order valence-electron chi connectivity index (χ4n) is 4.80. The second-order valence-electron chi connectivity index (χ2n) is 7.41. The van der Waals surface area contributed by atoms with Crippen LogP contribution in [0.2, 0.25) is 0 Å². The normalized spacial score (nSPS) is 25.6. The van der Waals surface area contributed by atoms with Crippen molar-refractivity contribution in [2.24, 2.45) is 5.41 Å². The molecule has 1 aromatic rings. The molecule has 24 heavy (non-hydrogen) atoms. The summed E-state index contributed by atoms with van der Waals surface area (Å²) in [5.74, 6) is -0.866. The molecule has 1 aromatic carbocycles. The molecule has 0 aliphatic heterocycles. The SMILES string of the molecule is CCOC1CC(N(C)Cc2ccc(C(=O)O)cc2)C12CCCCC2. The number of aromatic carboxylic acids is 1. The maximum atomic E-state index is 11.0. The van der Waals surface area contributed by atoms with Gasteiger partial charge in [0.15, 0.2) is 0 Å². The van der Waals surface area contributed by atoms with Gasteiger partial charge in [-0.1, -0.05) is 31.4 Å². The molecule has 0 aromatic heterocycles. The summed E-state index contributed by atoms with van der Waals surface area (Å²) in [5.41, 5.74) is 1.86. The van der Waals surface area contributed by atoms with Gasteiger partial charge in [-0.3, -0.25) is 4.90 Å². The molecule has 2 aliphatic carbocycles. The monoisotopic (exact) mass is 331 g/mol. The average Bonchev–Trinajstić information content (AvgIpc) is 2.59. The Hall–Kier alpha value is -1.39. The maximum Gasteiger partial charge on any atom is 0.335 e. The Kier molecular flexibility index (Phi) is 5.26. The van der Waals surface area contributed by atoms with Crippen molar-refractivity contribution in [3.8, 4) is 0 Å². The van der Waals surface area contributed by atoms with Crippen LogP contribution in [0.5, 0.6) is 0 Å². The predicted octanol–water partition coefficient (Wildman–Crippen LogP) is 3.94. The number of nitrogens with zero attached hydrogens (tertiary/aromatic N) is 1. The first-order valence-electron chi connectivity index (χ1n) is 9.21. The fourth-order valence-corrected chi connectivity index (χ4v) is 4.80. The molecule has 2 saturated carbocycles. The summed E-state index contributed by atoms with van der Waals surface area (Å²) in [6, 6.07) is 7.85. The minimum atomic E-state index is -0.866. The van der Waals surface area contributed by atoms with Crippen molar-refractivity contribution in [2.75, 3.05) is 13.7 Å². The van der Waals surface area contributed by atoms with E-state index in [1.165, 1.54) is 37.7 Å². The summed E-state index contributed by atoms with van der Waals surface area (Å²) in [6.07, 6.45) is 8.10. The minimum Gasteiger partial charge on any atom is -0.478 e. The summed E-state index contributed by atoms with van der Waals surface area (Å²) in [7, 11) is 2.20. The third-order valence-corrected chi connectivity index (χ3v) is 6.06. The van der Waals surface area contributed by atoms with E-state index in [0.29, 0.717) is 23.1 Å². The summed E-state index contributed by atoms with van der Waals surface area (Å²) in [6.45, 7) is 3.77. The van der Waals surface area contributed by atoms with Gasteiger partial charge in [0.05, 0.1) is 11.7 Å². The van der Waals surface area contributed by atoms with Gasteiger partial charge in [-0.05, 0) is 50.9 Å². The van der Waals surface area contributed by atoms with E-state index in [-0.39, 0.29) is 0 Å². The highest BCUT2D eigenvalue weighted by atomic mass is 16.5. The van der Waals surface area contributed by atoms with Crippen LogP contribution < -0.4 is 0 Å². The van der Waals surface area contributed by atoms with Gasteiger partial charge in [0.2, 0.25) is 0 Å². The highest BCUT2D eigenvalue weighted by molar-refractivity contribution is 5.87. The largest absolute Gasteiger partial charge is 0.478 e. The Labute approximate surface area is 144 Å². The molecular formula is C20H29NO3. The van der Waals surface area contributed by atoms with Crippen molar-refractivity contribution in [2.45, 2.75) is 64.1 Å². The van der Waals surface area contributed by atoms with Crippen LogP contribution >= 0.6 is 0 Å². The third-order valence-electron chi connectivity index (χ3n) is 6.06. The number of benzene rings is 1. The fraction of sp³-hybridized carbons (Fsp3) is 0.650. The van der Waals surface area contributed by atoms with Crippen molar-refractivity contribution in [1.82, 2.24) is 4.90 Å². The molecule has 2 aliphatic rings. The first kappa shape index (κ1) is 17.4. The van der Waals surface area contributed by atoms with E-state index >= 15 is 0 Å². The summed E-state index contributed by atoms with van der Waals surface area (Å²) < 4.78 is 6.05. The Morgan fingerprint density at radius 3 is 2.50 bits per heavy atom. The number of ether oxygens (including phenoxy) is 1. The summed E-state index contributed by atoms with van der Waals surface area (Å²) in [4.78, 5) is 13.4. The van der Waals surface area contributed by atoms with Crippen LogP contribution in [0.25, 0.3) is 0 Å². The Balaban J connectivity index is 1.67. The van der Waals surface area contributed by atoms with Gasteiger partial charge in [-0.25, -0.2) is 4.79 Å². The maximum absolute atomic E-state index is 11.0. The molecule has 132 valence electrons. The Morgan fingerprint density at radius 2 is 1.92 bits per heavy atom.